The first-order valence-corrected chi connectivity index (χ1v) is 7.79. The van der Waals surface area contributed by atoms with Crippen LogP contribution in [0.2, 0.25) is 0 Å². The number of hydrogen-bond donors (Lipinski definition) is 2. The van der Waals surface area contributed by atoms with Crippen LogP contribution in [-0.2, 0) is 4.79 Å². The topological polar surface area (TPSA) is 69.1 Å². The van der Waals surface area contributed by atoms with Crippen LogP contribution in [0.15, 0.2) is 59.7 Å². The first kappa shape index (κ1) is 15.1. The quantitative estimate of drug-likeness (QED) is 0.649. The molecule has 1 aliphatic rings. The summed E-state index contributed by atoms with van der Waals surface area (Å²) in [7, 11) is 0. The molecule has 4 N–H and O–H groups in total. The van der Waals surface area contributed by atoms with Crippen LogP contribution < -0.4 is 11.5 Å². The van der Waals surface area contributed by atoms with Gasteiger partial charge in [-0.3, -0.25) is 4.79 Å². The minimum absolute atomic E-state index is 0.126. The zero-order valence-corrected chi connectivity index (χ0v) is 13.0. The van der Waals surface area contributed by atoms with E-state index in [4.69, 9.17) is 11.5 Å². The van der Waals surface area contributed by atoms with E-state index in [1.807, 2.05) is 60.7 Å². The van der Waals surface area contributed by atoms with Crippen molar-refractivity contribution >= 4 is 29.3 Å². The maximum Gasteiger partial charge on any atom is 0.185 e. The van der Waals surface area contributed by atoms with Crippen molar-refractivity contribution in [3.63, 3.8) is 0 Å². The standard InChI is InChI=1S/C20H20N2O/c21-18-8-1-4-14(12-18)10-16-6-3-7-17(20(16)23)11-15-5-2-9-19(22)13-15/h1-2,4-5,8-13H,3,6-7,21-22H2. The molecule has 2 aromatic rings. The van der Waals surface area contributed by atoms with Crippen molar-refractivity contribution in [2.24, 2.45) is 0 Å². The molecule has 23 heavy (non-hydrogen) atoms. The van der Waals surface area contributed by atoms with Gasteiger partial charge in [-0.1, -0.05) is 24.3 Å². The van der Waals surface area contributed by atoms with Crippen molar-refractivity contribution in [2.45, 2.75) is 19.3 Å². The molecule has 0 spiro atoms. The largest absolute Gasteiger partial charge is 0.399 e. The summed E-state index contributed by atoms with van der Waals surface area (Å²) in [5.74, 6) is 0.126. The average molecular weight is 304 g/mol. The Kier molecular flexibility index (Phi) is 4.29. The minimum atomic E-state index is 0.126. The molecular formula is C20H20N2O. The molecule has 0 aromatic heterocycles. The van der Waals surface area contributed by atoms with Crippen LogP contribution in [0.4, 0.5) is 11.4 Å². The Hall–Kier alpha value is -2.81. The monoisotopic (exact) mass is 304 g/mol. The highest BCUT2D eigenvalue weighted by molar-refractivity contribution is 6.14. The molecule has 2 aromatic carbocycles. The third-order valence-electron chi connectivity index (χ3n) is 3.98. The van der Waals surface area contributed by atoms with Gasteiger partial charge in [-0.2, -0.15) is 0 Å². The molecular weight excluding hydrogens is 284 g/mol. The van der Waals surface area contributed by atoms with Crippen LogP contribution >= 0.6 is 0 Å². The number of benzene rings is 2. The predicted molar refractivity (Wildman–Crippen MR) is 96.5 cm³/mol. The number of anilines is 2. The van der Waals surface area contributed by atoms with Crippen LogP contribution in [0.5, 0.6) is 0 Å². The second-order valence-corrected chi connectivity index (χ2v) is 5.86. The Bertz CT molecular complexity index is 737. The Balaban J connectivity index is 1.89. The molecule has 0 radical (unpaired) electrons. The van der Waals surface area contributed by atoms with Crippen molar-refractivity contribution in [3.8, 4) is 0 Å². The number of allylic oxidation sites excluding steroid dienone is 2. The number of carbonyl (C=O) groups excluding carboxylic acids is 1. The molecule has 1 saturated carbocycles. The molecule has 0 bridgehead atoms. The van der Waals surface area contributed by atoms with Gasteiger partial charge in [0.2, 0.25) is 0 Å². The number of Topliss-reactive ketones (excluding diaryl/α,β-unsaturated/α-hetero) is 1. The van der Waals surface area contributed by atoms with E-state index in [9.17, 15) is 4.79 Å². The lowest BCUT2D eigenvalue weighted by atomic mass is 9.87. The highest BCUT2D eigenvalue weighted by Crippen LogP contribution is 2.28. The fourth-order valence-electron chi connectivity index (χ4n) is 2.88. The van der Waals surface area contributed by atoms with E-state index < -0.39 is 0 Å². The normalized spacial score (nSPS) is 18.5. The third-order valence-corrected chi connectivity index (χ3v) is 3.98. The Labute approximate surface area is 136 Å². The summed E-state index contributed by atoms with van der Waals surface area (Å²) in [4.78, 5) is 12.7. The molecule has 0 heterocycles. The van der Waals surface area contributed by atoms with Crippen LogP contribution in [0.25, 0.3) is 12.2 Å². The Morgan fingerprint density at radius 1 is 0.783 bits per heavy atom. The van der Waals surface area contributed by atoms with Gasteiger partial charge in [-0.05, 0) is 66.8 Å². The van der Waals surface area contributed by atoms with Crippen LogP contribution in [0.1, 0.15) is 30.4 Å². The Morgan fingerprint density at radius 2 is 1.26 bits per heavy atom. The molecule has 3 nitrogen and oxygen atoms in total. The number of nitrogens with two attached hydrogens (primary N) is 2. The first-order chi connectivity index (χ1) is 11.1. The van der Waals surface area contributed by atoms with Gasteiger partial charge in [0.1, 0.15) is 0 Å². The first-order valence-electron chi connectivity index (χ1n) is 7.79. The number of ketones is 1. The van der Waals surface area contributed by atoms with Gasteiger partial charge in [0.15, 0.2) is 5.78 Å². The van der Waals surface area contributed by atoms with Gasteiger partial charge >= 0.3 is 0 Å². The third kappa shape index (κ3) is 3.69. The molecule has 0 unspecified atom stereocenters. The Morgan fingerprint density at radius 3 is 1.70 bits per heavy atom. The summed E-state index contributed by atoms with van der Waals surface area (Å²) in [6, 6.07) is 15.2. The second-order valence-electron chi connectivity index (χ2n) is 5.86. The predicted octanol–water partition coefficient (Wildman–Crippen LogP) is 4.07. The van der Waals surface area contributed by atoms with Crippen molar-refractivity contribution in [1.29, 1.82) is 0 Å². The van der Waals surface area contributed by atoms with E-state index in [1.54, 1.807) is 0 Å². The van der Waals surface area contributed by atoms with Gasteiger partial charge in [0.05, 0.1) is 0 Å². The molecule has 3 heteroatoms. The number of hydrogen-bond acceptors (Lipinski definition) is 3. The molecule has 3 rings (SSSR count). The molecule has 116 valence electrons. The van der Waals surface area contributed by atoms with Crippen molar-refractivity contribution in [1.82, 2.24) is 0 Å². The molecule has 1 fully saturated rings. The summed E-state index contributed by atoms with van der Waals surface area (Å²) < 4.78 is 0. The summed E-state index contributed by atoms with van der Waals surface area (Å²) in [5, 5.41) is 0. The van der Waals surface area contributed by atoms with Crippen molar-refractivity contribution in [2.75, 3.05) is 11.5 Å². The highest BCUT2D eigenvalue weighted by Gasteiger charge is 2.20. The fraction of sp³-hybridized carbons (Fsp3) is 0.150. The minimum Gasteiger partial charge on any atom is -0.399 e. The fourth-order valence-corrected chi connectivity index (χ4v) is 2.88. The molecule has 0 aliphatic heterocycles. The average Bonchev–Trinajstić information content (AvgIpc) is 2.51. The van der Waals surface area contributed by atoms with Gasteiger partial charge < -0.3 is 11.5 Å². The van der Waals surface area contributed by atoms with E-state index in [-0.39, 0.29) is 5.78 Å². The summed E-state index contributed by atoms with van der Waals surface area (Å²) in [6.45, 7) is 0. The molecule has 0 atom stereocenters. The van der Waals surface area contributed by atoms with Gasteiger partial charge in [0.25, 0.3) is 0 Å². The van der Waals surface area contributed by atoms with Gasteiger partial charge in [-0.15, -0.1) is 0 Å². The lowest BCUT2D eigenvalue weighted by molar-refractivity contribution is -0.112. The van der Waals surface area contributed by atoms with Crippen molar-refractivity contribution in [3.05, 3.63) is 70.8 Å². The van der Waals surface area contributed by atoms with Gasteiger partial charge in [-0.25, -0.2) is 0 Å². The highest BCUT2D eigenvalue weighted by atomic mass is 16.1. The van der Waals surface area contributed by atoms with E-state index in [2.05, 4.69) is 0 Å². The lowest BCUT2D eigenvalue weighted by Gasteiger charge is -2.16. The van der Waals surface area contributed by atoms with E-state index in [0.29, 0.717) is 11.4 Å². The summed E-state index contributed by atoms with van der Waals surface area (Å²) in [6.07, 6.45) is 6.49. The SMILES string of the molecule is Nc1cccc(C=C2CCCC(=Cc3cccc(N)c3)C2=O)c1. The van der Waals surface area contributed by atoms with E-state index in [0.717, 1.165) is 41.5 Å². The number of rotatable bonds is 2. The van der Waals surface area contributed by atoms with Crippen LogP contribution in [0.3, 0.4) is 0 Å². The smallest absolute Gasteiger partial charge is 0.185 e. The summed E-state index contributed by atoms with van der Waals surface area (Å²) >= 11 is 0. The van der Waals surface area contributed by atoms with Crippen LogP contribution in [-0.4, -0.2) is 5.78 Å². The van der Waals surface area contributed by atoms with Crippen molar-refractivity contribution < 1.29 is 4.79 Å². The molecule has 0 saturated heterocycles. The number of carbonyl (C=O) groups is 1. The lowest BCUT2D eigenvalue weighted by Crippen LogP contribution is -2.12. The van der Waals surface area contributed by atoms with E-state index in [1.165, 1.54) is 0 Å². The van der Waals surface area contributed by atoms with E-state index >= 15 is 0 Å². The molecule has 1 aliphatic carbocycles. The zero-order chi connectivity index (χ0) is 16.2. The maximum absolute atomic E-state index is 12.7. The summed E-state index contributed by atoms with van der Waals surface area (Å²) in [5.41, 5.74) is 16.7. The maximum atomic E-state index is 12.7. The number of nitrogen functional groups attached to an aromatic ring is 2. The second kappa shape index (κ2) is 6.53. The van der Waals surface area contributed by atoms with Gasteiger partial charge in [0, 0.05) is 22.5 Å². The van der Waals surface area contributed by atoms with Crippen LogP contribution in [0, 0.1) is 0 Å². The molecule has 0 amide bonds. The zero-order valence-electron chi connectivity index (χ0n) is 13.0.